The lowest BCUT2D eigenvalue weighted by molar-refractivity contribution is 0.606. The van der Waals surface area contributed by atoms with Crippen LogP contribution in [0.4, 0.5) is 0 Å². The molecule has 0 bridgehead atoms. The molecule has 0 N–H and O–H groups in total. The number of thiophene rings is 3. The molecule has 0 saturated heterocycles. The largest absolute Gasteiger partial charge is 0.142 e. The lowest BCUT2D eigenvalue weighted by atomic mass is 9.91. The molecule has 0 aliphatic heterocycles. The Labute approximate surface area is 511 Å². The van der Waals surface area contributed by atoms with E-state index in [-0.39, 0.29) is 0 Å². The molecule has 446 valence electrons. The Morgan fingerprint density at radius 1 is 0.247 bits per heavy atom. The highest BCUT2D eigenvalue weighted by Crippen LogP contribution is 2.50. The fraction of sp³-hybridized carbons (Fsp3) is 0.615. The number of rotatable bonds is 47. The number of hydrogen-bond acceptors (Lipinski definition) is 3. The monoisotopic (exact) mass is 1150 g/mol. The van der Waals surface area contributed by atoms with Gasteiger partial charge < -0.3 is 0 Å². The van der Waals surface area contributed by atoms with Crippen molar-refractivity contribution in [1.82, 2.24) is 0 Å². The Balaban J connectivity index is 1.41. The number of unbranched alkanes of at least 4 members (excludes halogenated alkanes) is 30. The van der Waals surface area contributed by atoms with E-state index >= 15 is 0 Å². The van der Waals surface area contributed by atoms with Crippen LogP contribution in [-0.2, 0) is 38.5 Å². The molecule has 81 heavy (non-hydrogen) atoms. The van der Waals surface area contributed by atoms with Crippen molar-refractivity contribution in [2.45, 2.75) is 311 Å². The first-order chi connectivity index (χ1) is 40.0. The second-order valence-corrected chi connectivity index (χ2v) is 27.7. The third kappa shape index (κ3) is 24.0. The standard InChI is InChI=1S/C78H116S3/c1-7-13-19-25-31-37-43-63-49-52-66(46-40-34-28-22-16-10-4)71(55-63)69-58-75(79-61-69)76-60-74(73-57-65(45-39-33-27-21-15-9-3)51-54-68(73)48-42-36-30-24-18-12-6)78(81-76)77-59-70(62-80-77)72-56-64(44-38-32-26-20-14-8-2)50-53-67(72)47-41-35-29-23-17-11-5/h49-62H,7-48H2,1-6H3. The first-order valence-corrected chi connectivity index (χ1v) is 37.3. The molecule has 0 unspecified atom stereocenters. The maximum absolute atomic E-state index is 2.66. The third-order valence-corrected chi connectivity index (χ3v) is 21.1. The zero-order chi connectivity index (χ0) is 57.0. The highest BCUT2D eigenvalue weighted by atomic mass is 32.1. The predicted molar refractivity (Wildman–Crippen MR) is 370 cm³/mol. The summed E-state index contributed by atoms with van der Waals surface area (Å²) >= 11 is 6.07. The molecule has 3 heteroatoms. The SMILES string of the molecule is CCCCCCCCc1ccc(CCCCCCCC)c(-c2csc(-c3cc(-c4cc(CCCCCCCC)ccc4CCCCCCCC)c(-c4cc(-c5cc(CCCCCCCC)ccc5CCCCCCCC)cs4)s3)c2)c1. The quantitative estimate of drug-likeness (QED) is 0.0334. The van der Waals surface area contributed by atoms with Gasteiger partial charge in [-0.15, -0.1) is 34.0 Å². The number of benzene rings is 3. The van der Waals surface area contributed by atoms with E-state index in [0.29, 0.717) is 0 Å². The summed E-state index contributed by atoms with van der Waals surface area (Å²) in [5, 5.41) is 5.05. The van der Waals surface area contributed by atoms with E-state index < -0.39 is 0 Å². The lowest BCUT2D eigenvalue weighted by Gasteiger charge is -2.14. The van der Waals surface area contributed by atoms with Crippen LogP contribution in [0.5, 0.6) is 0 Å². The van der Waals surface area contributed by atoms with Gasteiger partial charge in [0.2, 0.25) is 0 Å². The Hall–Kier alpha value is -3.24. The first kappa shape index (κ1) is 66.9. The van der Waals surface area contributed by atoms with Crippen molar-refractivity contribution in [2.75, 3.05) is 0 Å². The van der Waals surface area contributed by atoms with Crippen molar-refractivity contribution >= 4 is 34.0 Å². The molecular formula is C78H116S3. The summed E-state index contributed by atoms with van der Waals surface area (Å²) in [6.45, 7) is 14.0. The van der Waals surface area contributed by atoms with Gasteiger partial charge in [0.25, 0.3) is 0 Å². The molecule has 0 aliphatic rings. The van der Waals surface area contributed by atoms with E-state index in [1.165, 1.54) is 333 Å². The van der Waals surface area contributed by atoms with Crippen molar-refractivity contribution in [3.8, 4) is 52.9 Å². The summed E-state index contributed by atoms with van der Waals surface area (Å²) in [5.74, 6) is 0. The van der Waals surface area contributed by atoms with E-state index in [9.17, 15) is 0 Å². The second-order valence-electron chi connectivity index (χ2n) is 24.8. The lowest BCUT2D eigenvalue weighted by Crippen LogP contribution is -1.95. The molecule has 0 amide bonds. The van der Waals surface area contributed by atoms with Gasteiger partial charge in [0.05, 0.1) is 4.88 Å². The Kier molecular flexibility index (Phi) is 33.8. The molecule has 3 heterocycles. The van der Waals surface area contributed by atoms with Crippen LogP contribution in [0, 0.1) is 0 Å². The molecule has 0 atom stereocenters. The smallest absolute Gasteiger partial charge is 0.0528 e. The van der Waals surface area contributed by atoms with E-state index in [1.54, 1.807) is 16.7 Å². The fourth-order valence-electron chi connectivity index (χ4n) is 12.5. The molecule has 0 nitrogen and oxygen atoms in total. The summed E-state index contributed by atoms with van der Waals surface area (Å²) in [6, 6.07) is 30.8. The summed E-state index contributed by atoms with van der Waals surface area (Å²) in [5.41, 5.74) is 18.1. The second kappa shape index (κ2) is 40.9. The Bertz CT molecular complexity index is 2560. The Morgan fingerprint density at radius 3 is 0.914 bits per heavy atom. The van der Waals surface area contributed by atoms with Gasteiger partial charge in [-0.2, -0.15) is 0 Å². The van der Waals surface area contributed by atoms with Gasteiger partial charge in [0, 0.05) is 20.2 Å². The van der Waals surface area contributed by atoms with Crippen LogP contribution in [0.2, 0.25) is 0 Å². The molecule has 6 rings (SSSR count). The van der Waals surface area contributed by atoms with Gasteiger partial charge in [-0.25, -0.2) is 0 Å². The summed E-state index contributed by atoms with van der Waals surface area (Å²) in [6.07, 6.45) is 55.4. The zero-order valence-corrected chi connectivity index (χ0v) is 55.5. The maximum Gasteiger partial charge on any atom is 0.0528 e. The predicted octanol–water partition coefficient (Wildman–Crippen LogP) is 27.6. The van der Waals surface area contributed by atoms with Crippen molar-refractivity contribution in [2.24, 2.45) is 0 Å². The molecular weight excluding hydrogens is 1030 g/mol. The van der Waals surface area contributed by atoms with Gasteiger partial charge in [0.15, 0.2) is 0 Å². The number of aryl methyl sites for hydroxylation is 6. The minimum atomic E-state index is 1.16. The molecule has 0 fully saturated rings. The minimum Gasteiger partial charge on any atom is -0.142 e. The normalized spacial score (nSPS) is 11.7. The van der Waals surface area contributed by atoms with Gasteiger partial charge >= 0.3 is 0 Å². The van der Waals surface area contributed by atoms with Crippen LogP contribution in [0.1, 0.15) is 306 Å². The van der Waals surface area contributed by atoms with Crippen molar-refractivity contribution in [3.63, 3.8) is 0 Å². The van der Waals surface area contributed by atoms with Gasteiger partial charge in [-0.1, -0.05) is 289 Å². The minimum absolute atomic E-state index is 1.16. The summed E-state index contributed by atoms with van der Waals surface area (Å²) in [4.78, 5) is 5.77. The highest BCUT2D eigenvalue weighted by Gasteiger charge is 2.22. The molecule has 6 aromatic rings. The summed E-state index contributed by atoms with van der Waals surface area (Å²) < 4.78 is 0. The topological polar surface area (TPSA) is 0 Å². The van der Waals surface area contributed by atoms with Gasteiger partial charge in [0.1, 0.15) is 0 Å². The average molecular weight is 1150 g/mol. The zero-order valence-electron chi connectivity index (χ0n) is 53.0. The van der Waals surface area contributed by atoms with E-state index in [2.05, 4.69) is 136 Å². The average Bonchev–Trinajstić information content (AvgIpc) is 4.43. The van der Waals surface area contributed by atoms with Crippen LogP contribution in [0.25, 0.3) is 52.9 Å². The van der Waals surface area contributed by atoms with Gasteiger partial charge in [-0.3, -0.25) is 0 Å². The summed E-state index contributed by atoms with van der Waals surface area (Å²) in [7, 11) is 0. The van der Waals surface area contributed by atoms with Gasteiger partial charge in [-0.05, 0) is 167 Å². The van der Waals surface area contributed by atoms with E-state index in [0.717, 1.165) is 6.42 Å². The molecule has 3 aromatic heterocycles. The van der Waals surface area contributed by atoms with Crippen molar-refractivity contribution < 1.29 is 0 Å². The molecule has 3 aromatic carbocycles. The van der Waals surface area contributed by atoms with Crippen LogP contribution in [-0.4, -0.2) is 0 Å². The molecule has 0 aliphatic carbocycles. The van der Waals surface area contributed by atoms with Crippen LogP contribution in [0.3, 0.4) is 0 Å². The van der Waals surface area contributed by atoms with E-state index in [1.807, 2.05) is 22.7 Å². The highest BCUT2D eigenvalue weighted by molar-refractivity contribution is 7.26. The van der Waals surface area contributed by atoms with Crippen LogP contribution < -0.4 is 0 Å². The fourth-order valence-corrected chi connectivity index (χ4v) is 15.7. The first-order valence-electron chi connectivity index (χ1n) is 34.7. The maximum atomic E-state index is 2.66. The molecule has 0 radical (unpaired) electrons. The number of hydrogen-bond donors (Lipinski definition) is 0. The molecule has 0 saturated carbocycles. The van der Waals surface area contributed by atoms with E-state index in [4.69, 9.17) is 0 Å². The van der Waals surface area contributed by atoms with Crippen molar-refractivity contribution in [1.29, 1.82) is 0 Å². The third-order valence-electron chi connectivity index (χ3n) is 17.7. The van der Waals surface area contributed by atoms with Crippen LogP contribution in [0.15, 0.2) is 83.6 Å². The molecule has 0 spiro atoms. The van der Waals surface area contributed by atoms with Crippen LogP contribution >= 0.6 is 34.0 Å². The van der Waals surface area contributed by atoms with Crippen molar-refractivity contribution in [3.05, 3.63) is 117 Å². The Morgan fingerprint density at radius 2 is 0.543 bits per heavy atom.